The first-order chi connectivity index (χ1) is 9.56. The highest BCUT2D eigenvalue weighted by atomic mass is 32.1. The minimum atomic E-state index is 0.00547. The summed E-state index contributed by atoms with van der Waals surface area (Å²) in [7, 11) is 0. The minimum absolute atomic E-state index is 0.00547. The first-order valence-corrected chi connectivity index (χ1v) is 7.84. The standard InChI is InChI=1S/C15H21N3OS/c1-10(4-3-5-11(2)16)15(19)18-12-6-7-13-14(8-12)20-9-17-13/h6-11H,3-5,16H2,1-2H3,(H,18,19). The Labute approximate surface area is 123 Å². The number of hydrogen-bond acceptors (Lipinski definition) is 4. The van der Waals surface area contributed by atoms with Gasteiger partial charge in [-0.05, 0) is 38.0 Å². The molecule has 2 rings (SSSR count). The monoisotopic (exact) mass is 291 g/mol. The van der Waals surface area contributed by atoms with E-state index in [1.807, 2.05) is 37.6 Å². The maximum absolute atomic E-state index is 12.1. The summed E-state index contributed by atoms with van der Waals surface area (Å²) in [6.07, 6.45) is 2.82. The fourth-order valence-electron chi connectivity index (χ4n) is 2.08. The van der Waals surface area contributed by atoms with Crippen molar-refractivity contribution in [3.8, 4) is 0 Å². The number of nitrogens with two attached hydrogens (primary N) is 1. The molecule has 2 unspecified atom stereocenters. The van der Waals surface area contributed by atoms with E-state index in [4.69, 9.17) is 5.73 Å². The highest BCUT2D eigenvalue weighted by Crippen LogP contribution is 2.22. The van der Waals surface area contributed by atoms with Crippen LogP contribution in [0.15, 0.2) is 23.7 Å². The smallest absolute Gasteiger partial charge is 0.227 e. The number of aromatic nitrogens is 1. The number of carbonyl (C=O) groups is 1. The van der Waals surface area contributed by atoms with Gasteiger partial charge < -0.3 is 11.1 Å². The molecular formula is C15H21N3OS. The van der Waals surface area contributed by atoms with Crippen LogP contribution in [0, 0.1) is 5.92 Å². The topological polar surface area (TPSA) is 68.0 Å². The number of amides is 1. The first kappa shape index (κ1) is 14.9. The third kappa shape index (κ3) is 4.02. The van der Waals surface area contributed by atoms with Gasteiger partial charge in [-0.15, -0.1) is 11.3 Å². The molecule has 0 saturated heterocycles. The third-order valence-electron chi connectivity index (χ3n) is 3.34. The Kier molecular flexibility index (Phi) is 5.09. The summed E-state index contributed by atoms with van der Waals surface area (Å²) >= 11 is 1.58. The molecule has 0 radical (unpaired) electrons. The van der Waals surface area contributed by atoms with Crippen molar-refractivity contribution in [3.63, 3.8) is 0 Å². The van der Waals surface area contributed by atoms with Crippen LogP contribution in [0.5, 0.6) is 0 Å². The van der Waals surface area contributed by atoms with Gasteiger partial charge in [0, 0.05) is 17.6 Å². The maximum atomic E-state index is 12.1. The van der Waals surface area contributed by atoms with Crippen molar-refractivity contribution in [3.05, 3.63) is 23.7 Å². The molecule has 2 atom stereocenters. The number of carbonyl (C=O) groups excluding carboxylic acids is 1. The Balaban J connectivity index is 1.89. The van der Waals surface area contributed by atoms with Crippen molar-refractivity contribution in [2.24, 2.45) is 11.7 Å². The van der Waals surface area contributed by atoms with E-state index in [0.717, 1.165) is 35.2 Å². The highest BCUT2D eigenvalue weighted by Gasteiger charge is 2.13. The van der Waals surface area contributed by atoms with Crippen LogP contribution in [0.4, 0.5) is 5.69 Å². The third-order valence-corrected chi connectivity index (χ3v) is 4.13. The molecule has 0 aliphatic carbocycles. The van der Waals surface area contributed by atoms with Crippen LogP contribution in [0.25, 0.3) is 10.2 Å². The highest BCUT2D eigenvalue weighted by molar-refractivity contribution is 7.16. The minimum Gasteiger partial charge on any atom is -0.328 e. The molecular weight excluding hydrogens is 270 g/mol. The molecule has 1 aromatic heterocycles. The predicted molar refractivity (Wildman–Crippen MR) is 84.9 cm³/mol. The van der Waals surface area contributed by atoms with Crippen LogP contribution < -0.4 is 11.1 Å². The van der Waals surface area contributed by atoms with Gasteiger partial charge in [-0.25, -0.2) is 4.98 Å². The molecule has 20 heavy (non-hydrogen) atoms. The van der Waals surface area contributed by atoms with Crippen LogP contribution in [0.1, 0.15) is 33.1 Å². The van der Waals surface area contributed by atoms with Crippen LogP contribution in [-0.4, -0.2) is 16.9 Å². The van der Waals surface area contributed by atoms with Crippen molar-refractivity contribution in [2.45, 2.75) is 39.2 Å². The summed E-state index contributed by atoms with van der Waals surface area (Å²) in [4.78, 5) is 16.3. The van der Waals surface area contributed by atoms with Gasteiger partial charge in [0.2, 0.25) is 5.91 Å². The molecule has 2 aromatic rings. The Hall–Kier alpha value is -1.46. The number of thiazole rings is 1. The van der Waals surface area contributed by atoms with E-state index in [2.05, 4.69) is 10.3 Å². The number of benzene rings is 1. The molecule has 0 saturated carbocycles. The average molecular weight is 291 g/mol. The average Bonchev–Trinajstić information content (AvgIpc) is 2.85. The van der Waals surface area contributed by atoms with Crippen molar-refractivity contribution in [2.75, 3.05) is 5.32 Å². The Morgan fingerprint density at radius 2 is 2.20 bits per heavy atom. The number of hydrogen-bond donors (Lipinski definition) is 2. The number of fused-ring (bicyclic) bond motifs is 1. The molecule has 0 fully saturated rings. The van der Waals surface area contributed by atoms with Gasteiger partial charge in [0.25, 0.3) is 0 Å². The van der Waals surface area contributed by atoms with Crippen molar-refractivity contribution in [1.82, 2.24) is 4.98 Å². The summed E-state index contributed by atoms with van der Waals surface area (Å²) < 4.78 is 1.09. The van der Waals surface area contributed by atoms with Crippen molar-refractivity contribution < 1.29 is 4.79 Å². The molecule has 0 spiro atoms. The molecule has 0 aliphatic heterocycles. The van der Waals surface area contributed by atoms with E-state index in [-0.39, 0.29) is 17.9 Å². The summed E-state index contributed by atoms with van der Waals surface area (Å²) in [6.45, 7) is 3.96. The van der Waals surface area contributed by atoms with E-state index in [0.29, 0.717) is 0 Å². The van der Waals surface area contributed by atoms with Crippen molar-refractivity contribution in [1.29, 1.82) is 0 Å². The summed E-state index contributed by atoms with van der Waals surface area (Å²) in [6, 6.07) is 6.01. The number of nitrogens with zero attached hydrogens (tertiary/aromatic N) is 1. The zero-order valence-corrected chi connectivity index (χ0v) is 12.7. The normalized spacial score (nSPS) is 14.2. The number of nitrogens with one attached hydrogen (secondary N) is 1. The fourth-order valence-corrected chi connectivity index (χ4v) is 2.79. The quantitative estimate of drug-likeness (QED) is 0.857. The van der Waals surface area contributed by atoms with Gasteiger partial charge >= 0.3 is 0 Å². The number of rotatable bonds is 6. The molecule has 5 heteroatoms. The van der Waals surface area contributed by atoms with Crippen LogP contribution >= 0.6 is 11.3 Å². The fraction of sp³-hybridized carbons (Fsp3) is 0.467. The SMILES string of the molecule is CC(N)CCCC(C)C(=O)Nc1ccc2ncsc2c1. The van der Waals surface area contributed by atoms with Gasteiger partial charge in [-0.1, -0.05) is 13.3 Å². The zero-order valence-electron chi connectivity index (χ0n) is 11.9. The molecule has 3 N–H and O–H groups in total. The lowest BCUT2D eigenvalue weighted by Crippen LogP contribution is -2.21. The van der Waals surface area contributed by atoms with Gasteiger partial charge in [0.05, 0.1) is 15.7 Å². The Morgan fingerprint density at radius 3 is 2.95 bits per heavy atom. The summed E-state index contributed by atoms with van der Waals surface area (Å²) in [5.74, 6) is 0.0736. The lowest BCUT2D eigenvalue weighted by Gasteiger charge is -2.13. The lowest BCUT2D eigenvalue weighted by molar-refractivity contribution is -0.119. The predicted octanol–water partition coefficient (Wildman–Crippen LogP) is 3.39. The van der Waals surface area contributed by atoms with E-state index < -0.39 is 0 Å². The van der Waals surface area contributed by atoms with E-state index in [9.17, 15) is 4.79 Å². The van der Waals surface area contributed by atoms with E-state index in [1.54, 1.807) is 11.3 Å². The lowest BCUT2D eigenvalue weighted by atomic mass is 10.0. The summed E-state index contributed by atoms with van der Waals surface area (Å²) in [5.41, 5.74) is 9.34. The van der Waals surface area contributed by atoms with Crippen molar-refractivity contribution >= 4 is 33.1 Å². The van der Waals surface area contributed by atoms with Gasteiger partial charge in [0.1, 0.15) is 0 Å². The van der Waals surface area contributed by atoms with Gasteiger partial charge in [-0.3, -0.25) is 4.79 Å². The molecule has 1 amide bonds. The molecule has 1 aromatic carbocycles. The van der Waals surface area contributed by atoms with Gasteiger partial charge in [-0.2, -0.15) is 0 Å². The second-order valence-electron chi connectivity index (χ2n) is 5.33. The first-order valence-electron chi connectivity index (χ1n) is 6.96. The molecule has 0 bridgehead atoms. The zero-order chi connectivity index (χ0) is 14.5. The van der Waals surface area contributed by atoms with E-state index >= 15 is 0 Å². The van der Waals surface area contributed by atoms with Gasteiger partial charge in [0.15, 0.2) is 0 Å². The second-order valence-corrected chi connectivity index (χ2v) is 6.22. The van der Waals surface area contributed by atoms with Crippen LogP contribution in [0.2, 0.25) is 0 Å². The molecule has 4 nitrogen and oxygen atoms in total. The Bertz CT molecular complexity index is 579. The van der Waals surface area contributed by atoms with Crippen LogP contribution in [0.3, 0.4) is 0 Å². The molecule has 1 heterocycles. The molecule has 0 aliphatic rings. The van der Waals surface area contributed by atoms with Crippen LogP contribution in [-0.2, 0) is 4.79 Å². The number of anilines is 1. The Morgan fingerprint density at radius 1 is 1.40 bits per heavy atom. The largest absolute Gasteiger partial charge is 0.328 e. The second kappa shape index (κ2) is 6.81. The van der Waals surface area contributed by atoms with E-state index in [1.165, 1.54) is 0 Å². The maximum Gasteiger partial charge on any atom is 0.227 e. The summed E-state index contributed by atoms with van der Waals surface area (Å²) in [5, 5.41) is 2.97. The molecule has 108 valence electrons.